The highest BCUT2D eigenvalue weighted by Crippen LogP contribution is 2.32. The number of anilines is 1. The number of aryl methyl sites for hydroxylation is 1. The summed E-state index contributed by atoms with van der Waals surface area (Å²) in [6.07, 6.45) is 3.04. The third-order valence-electron chi connectivity index (χ3n) is 5.19. The fraction of sp³-hybridized carbons (Fsp3) is 0.400. The molecule has 0 aliphatic carbocycles. The van der Waals surface area contributed by atoms with Gasteiger partial charge >= 0.3 is 0 Å². The molecule has 0 saturated carbocycles. The summed E-state index contributed by atoms with van der Waals surface area (Å²) in [5.74, 6) is -0.256. The van der Waals surface area contributed by atoms with Crippen molar-refractivity contribution in [1.29, 1.82) is 0 Å². The van der Waals surface area contributed by atoms with Crippen molar-refractivity contribution in [2.75, 3.05) is 31.1 Å². The largest absolute Gasteiger partial charge is 0.361 e. The number of benzene rings is 1. The molecule has 0 radical (unpaired) electrons. The zero-order valence-electron chi connectivity index (χ0n) is 15.6. The number of carbonyl (C=O) groups excluding carboxylic acids is 2. The molecule has 1 spiro atoms. The molecule has 1 unspecified atom stereocenters. The lowest BCUT2D eigenvalue weighted by Crippen LogP contribution is -2.62. The van der Waals surface area contributed by atoms with Crippen LogP contribution < -0.4 is 4.90 Å². The number of rotatable bonds is 2. The van der Waals surface area contributed by atoms with E-state index in [2.05, 4.69) is 9.97 Å². The first-order valence-electron chi connectivity index (χ1n) is 9.25. The Morgan fingerprint density at radius 2 is 2.14 bits per heavy atom. The molecule has 146 valence electrons. The van der Waals surface area contributed by atoms with Crippen LogP contribution in [-0.2, 0) is 9.53 Å². The summed E-state index contributed by atoms with van der Waals surface area (Å²) in [5.41, 5.74) is 0.178. The predicted molar refractivity (Wildman–Crippen MR) is 99.3 cm³/mol. The van der Waals surface area contributed by atoms with E-state index in [1.54, 1.807) is 41.1 Å². The standard InChI is InChI=1S/C20H21FN4O3/c1-14-22-8-6-17(23-14)19(27)24-9-3-7-20(12-24)13-25(18(26)11-28-20)16-5-2-4-15(21)10-16/h2,4-6,8,10H,3,7,9,11-13H2,1H3. The molecule has 8 heteroatoms. The summed E-state index contributed by atoms with van der Waals surface area (Å²) < 4.78 is 19.6. The molecule has 4 rings (SSSR count). The highest BCUT2D eigenvalue weighted by atomic mass is 19.1. The van der Waals surface area contributed by atoms with Gasteiger partial charge in [-0.3, -0.25) is 9.59 Å². The molecule has 2 saturated heterocycles. The van der Waals surface area contributed by atoms with Crippen molar-refractivity contribution in [3.63, 3.8) is 0 Å². The van der Waals surface area contributed by atoms with Gasteiger partial charge in [0, 0.05) is 18.4 Å². The van der Waals surface area contributed by atoms with Gasteiger partial charge in [0.05, 0.1) is 13.1 Å². The molecule has 3 heterocycles. The summed E-state index contributed by atoms with van der Waals surface area (Å²) >= 11 is 0. The van der Waals surface area contributed by atoms with Crippen LogP contribution >= 0.6 is 0 Å². The van der Waals surface area contributed by atoms with E-state index in [-0.39, 0.29) is 25.0 Å². The number of piperidine rings is 1. The second-order valence-electron chi connectivity index (χ2n) is 7.25. The monoisotopic (exact) mass is 384 g/mol. The highest BCUT2D eigenvalue weighted by molar-refractivity contribution is 5.95. The van der Waals surface area contributed by atoms with Gasteiger partial charge in [0.2, 0.25) is 0 Å². The topological polar surface area (TPSA) is 75.6 Å². The minimum Gasteiger partial charge on any atom is -0.361 e. The molecule has 2 aliphatic heterocycles. The number of carbonyl (C=O) groups is 2. The molecule has 0 N–H and O–H groups in total. The molecular weight excluding hydrogens is 363 g/mol. The quantitative estimate of drug-likeness (QED) is 0.791. The number of amides is 2. The summed E-state index contributed by atoms with van der Waals surface area (Å²) in [6, 6.07) is 7.56. The van der Waals surface area contributed by atoms with E-state index in [1.807, 2.05) is 0 Å². The van der Waals surface area contributed by atoms with Crippen LogP contribution in [0.25, 0.3) is 0 Å². The smallest absolute Gasteiger partial charge is 0.272 e. The lowest BCUT2D eigenvalue weighted by molar-refractivity contribution is -0.144. The number of hydrogen-bond donors (Lipinski definition) is 0. The SMILES string of the molecule is Cc1nccc(C(=O)N2CCCC3(C2)CN(c2cccc(F)c2)C(=O)CO3)n1. The maximum absolute atomic E-state index is 13.6. The molecule has 1 aromatic heterocycles. The molecule has 0 bridgehead atoms. The summed E-state index contributed by atoms with van der Waals surface area (Å²) in [7, 11) is 0. The minimum atomic E-state index is -0.670. The van der Waals surface area contributed by atoms with E-state index in [4.69, 9.17) is 4.74 Å². The number of halogens is 1. The molecule has 1 atom stereocenters. The van der Waals surface area contributed by atoms with Gasteiger partial charge in [-0.25, -0.2) is 14.4 Å². The molecule has 28 heavy (non-hydrogen) atoms. The molecule has 2 fully saturated rings. The van der Waals surface area contributed by atoms with Gasteiger partial charge < -0.3 is 14.5 Å². The Labute approximate surface area is 162 Å². The van der Waals surface area contributed by atoms with Crippen LogP contribution in [0.5, 0.6) is 0 Å². The number of aromatic nitrogens is 2. The van der Waals surface area contributed by atoms with Crippen molar-refractivity contribution in [3.8, 4) is 0 Å². The molecule has 2 aromatic rings. The summed E-state index contributed by atoms with van der Waals surface area (Å²) in [5, 5.41) is 0. The van der Waals surface area contributed by atoms with E-state index in [0.717, 1.165) is 12.8 Å². The number of ether oxygens (including phenoxy) is 1. The van der Waals surface area contributed by atoms with Gasteiger partial charge in [0.15, 0.2) is 0 Å². The van der Waals surface area contributed by atoms with Crippen LogP contribution in [0.3, 0.4) is 0 Å². The van der Waals surface area contributed by atoms with E-state index in [9.17, 15) is 14.0 Å². The Hall–Kier alpha value is -2.87. The number of likely N-dealkylation sites (tertiary alicyclic amines) is 1. The van der Waals surface area contributed by atoms with E-state index >= 15 is 0 Å². The van der Waals surface area contributed by atoms with Crippen LogP contribution in [0.4, 0.5) is 10.1 Å². The average Bonchev–Trinajstić information content (AvgIpc) is 2.70. The number of hydrogen-bond acceptors (Lipinski definition) is 5. The van der Waals surface area contributed by atoms with Gasteiger partial charge in [-0.05, 0) is 44.0 Å². The van der Waals surface area contributed by atoms with Gasteiger partial charge in [-0.15, -0.1) is 0 Å². The van der Waals surface area contributed by atoms with Crippen LogP contribution in [-0.4, -0.2) is 58.5 Å². The maximum Gasteiger partial charge on any atom is 0.272 e. The van der Waals surface area contributed by atoms with Crippen molar-refractivity contribution in [3.05, 3.63) is 53.9 Å². The first-order valence-corrected chi connectivity index (χ1v) is 9.25. The van der Waals surface area contributed by atoms with E-state index in [1.165, 1.54) is 12.1 Å². The fourth-order valence-electron chi connectivity index (χ4n) is 3.85. The first-order chi connectivity index (χ1) is 13.5. The predicted octanol–water partition coefficient (Wildman–Crippen LogP) is 1.96. The highest BCUT2D eigenvalue weighted by Gasteiger charge is 2.44. The fourth-order valence-corrected chi connectivity index (χ4v) is 3.85. The summed E-state index contributed by atoms with van der Waals surface area (Å²) in [6.45, 7) is 2.88. The van der Waals surface area contributed by atoms with Crippen molar-refractivity contribution >= 4 is 17.5 Å². The lowest BCUT2D eigenvalue weighted by atomic mass is 9.90. The van der Waals surface area contributed by atoms with Crippen LogP contribution in [0, 0.1) is 12.7 Å². The molecule has 1 aromatic carbocycles. The second-order valence-corrected chi connectivity index (χ2v) is 7.25. The van der Waals surface area contributed by atoms with Gasteiger partial charge in [0.1, 0.15) is 29.5 Å². The molecule has 2 amide bonds. The minimum absolute atomic E-state index is 0.0921. The van der Waals surface area contributed by atoms with Crippen molar-refractivity contribution in [2.24, 2.45) is 0 Å². The van der Waals surface area contributed by atoms with Gasteiger partial charge in [0.25, 0.3) is 11.8 Å². The van der Waals surface area contributed by atoms with Crippen LogP contribution in [0.2, 0.25) is 0 Å². The normalized spacial score (nSPS) is 22.6. The zero-order valence-corrected chi connectivity index (χ0v) is 15.6. The van der Waals surface area contributed by atoms with Gasteiger partial charge in [-0.1, -0.05) is 6.07 Å². The Morgan fingerprint density at radius 3 is 2.93 bits per heavy atom. The zero-order chi connectivity index (χ0) is 19.7. The Bertz CT molecular complexity index is 922. The Morgan fingerprint density at radius 1 is 1.29 bits per heavy atom. The van der Waals surface area contributed by atoms with Gasteiger partial charge in [-0.2, -0.15) is 0 Å². The maximum atomic E-state index is 13.6. The lowest BCUT2D eigenvalue weighted by Gasteiger charge is -2.47. The average molecular weight is 384 g/mol. The Kier molecular flexibility index (Phi) is 4.80. The first kappa shape index (κ1) is 18.5. The van der Waals surface area contributed by atoms with Crippen LogP contribution in [0.15, 0.2) is 36.5 Å². The second kappa shape index (κ2) is 7.27. The molecule has 2 aliphatic rings. The van der Waals surface area contributed by atoms with Crippen LogP contribution in [0.1, 0.15) is 29.2 Å². The van der Waals surface area contributed by atoms with E-state index in [0.29, 0.717) is 30.3 Å². The molecular formula is C20H21FN4O3. The van der Waals surface area contributed by atoms with Crippen molar-refractivity contribution < 1.29 is 18.7 Å². The summed E-state index contributed by atoms with van der Waals surface area (Å²) in [4.78, 5) is 36.8. The van der Waals surface area contributed by atoms with E-state index < -0.39 is 11.4 Å². The van der Waals surface area contributed by atoms with Crippen molar-refractivity contribution in [1.82, 2.24) is 14.9 Å². The Balaban J connectivity index is 1.55. The third-order valence-corrected chi connectivity index (χ3v) is 5.19. The number of nitrogens with zero attached hydrogens (tertiary/aromatic N) is 4. The number of morpholine rings is 1. The molecule has 7 nitrogen and oxygen atoms in total. The third kappa shape index (κ3) is 3.60. The van der Waals surface area contributed by atoms with Crippen molar-refractivity contribution in [2.45, 2.75) is 25.4 Å².